The first-order chi connectivity index (χ1) is 10.5. The highest BCUT2D eigenvalue weighted by Gasteiger charge is 2.34. The Morgan fingerprint density at radius 1 is 1.00 bits per heavy atom. The van der Waals surface area contributed by atoms with E-state index in [1.165, 1.54) is 6.26 Å². The van der Waals surface area contributed by atoms with Crippen LogP contribution >= 0.6 is 11.8 Å². The van der Waals surface area contributed by atoms with Gasteiger partial charge in [0, 0.05) is 6.07 Å². The lowest BCUT2D eigenvalue weighted by Gasteiger charge is -2.14. The fourth-order valence-electron chi connectivity index (χ4n) is 1.78. The molecule has 0 aliphatic heterocycles. The molecule has 2 aromatic rings. The molecule has 1 aromatic carbocycles. The van der Waals surface area contributed by atoms with Gasteiger partial charge < -0.3 is 0 Å². The lowest BCUT2D eigenvalue weighted by Crippen LogP contribution is -2.24. The molecule has 0 aliphatic rings. The van der Waals surface area contributed by atoms with Crippen LogP contribution in [0.5, 0.6) is 0 Å². The Hall–Kier alpha value is -1.97. The lowest BCUT2D eigenvalue weighted by molar-refractivity contribution is -0.142. The van der Waals surface area contributed by atoms with Crippen molar-refractivity contribution in [2.24, 2.45) is 0 Å². The minimum atomic E-state index is -4.79. The van der Waals surface area contributed by atoms with E-state index in [-0.39, 0.29) is 10.8 Å². The summed E-state index contributed by atoms with van der Waals surface area (Å²) in [4.78, 5) is 15.3. The van der Waals surface area contributed by atoms with E-state index in [1.54, 1.807) is 0 Å². The summed E-state index contributed by atoms with van der Waals surface area (Å²) in [5.74, 6) is 0. The Morgan fingerprint density at radius 2 is 1.57 bits per heavy atom. The monoisotopic (exact) mass is 354 g/mol. The fraction of sp³-hybridized carbons (Fsp3) is 0.231. The number of hydrogen-bond donors (Lipinski definition) is 0. The Labute approximate surface area is 130 Å². The molecule has 1 aromatic heterocycles. The van der Waals surface area contributed by atoms with Gasteiger partial charge in [0.05, 0.1) is 11.3 Å². The number of thioether (sulfide) groups is 1. The molecule has 0 radical (unpaired) electrons. The highest BCUT2D eigenvalue weighted by atomic mass is 32.2. The first kappa shape index (κ1) is 17.4. The van der Waals surface area contributed by atoms with Crippen LogP contribution in [0.4, 0.5) is 26.3 Å². The standard InChI is InChI=1S/C13H8F6N2OS/c1-23-11-20-9(13(17,18)19)6-10(22)21(11)8-4-2-7(3-5-8)12(14,15)16/h2-6H,1H3. The van der Waals surface area contributed by atoms with E-state index >= 15 is 0 Å². The maximum Gasteiger partial charge on any atom is 0.433 e. The third-order valence-electron chi connectivity index (χ3n) is 2.81. The van der Waals surface area contributed by atoms with E-state index in [2.05, 4.69) is 4.98 Å². The molecular formula is C13H8F6N2OS. The van der Waals surface area contributed by atoms with Crippen LogP contribution in [0.15, 0.2) is 40.3 Å². The van der Waals surface area contributed by atoms with Crippen LogP contribution < -0.4 is 5.56 Å². The Balaban J connectivity index is 2.58. The zero-order valence-corrected chi connectivity index (χ0v) is 12.2. The molecule has 0 atom stereocenters. The number of halogens is 6. The predicted octanol–water partition coefficient (Wildman–Crippen LogP) is 3.99. The van der Waals surface area contributed by atoms with Crippen LogP contribution in [0, 0.1) is 0 Å². The summed E-state index contributed by atoms with van der Waals surface area (Å²) in [7, 11) is 0. The van der Waals surface area contributed by atoms with Crippen molar-refractivity contribution in [1.82, 2.24) is 9.55 Å². The normalized spacial score (nSPS) is 12.5. The molecule has 3 nitrogen and oxygen atoms in total. The molecule has 0 saturated carbocycles. The predicted molar refractivity (Wildman–Crippen MR) is 71.6 cm³/mol. The molecule has 0 unspecified atom stereocenters. The molecule has 0 fully saturated rings. The topological polar surface area (TPSA) is 34.9 Å². The molecule has 2 rings (SSSR count). The molecule has 1 heterocycles. The van der Waals surface area contributed by atoms with Crippen molar-refractivity contribution in [2.45, 2.75) is 17.5 Å². The minimum Gasteiger partial charge on any atom is -0.269 e. The summed E-state index contributed by atoms with van der Waals surface area (Å²) in [6, 6.07) is 3.78. The largest absolute Gasteiger partial charge is 0.433 e. The van der Waals surface area contributed by atoms with Crippen LogP contribution in [0.2, 0.25) is 0 Å². The maximum atomic E-state index is 12.7. The zero-order chi connectivity index (χ0) is 17.4. The average Bonchev–Trinajstić information content (AvgIpc) is 2.44. The number of rotatable bonds is 2. The molecule has 0 bridgehead atoms. The van der Waals surface area contributed by atoms with Gasteiger partial charge in [-0.05, 0) is 30.5 Å². The van der Waals surface area contributed by atoms with E-state index in [0.29, 0.717) is 6.07 Å². The number of aromatic nitrogens is 2. The van der Waals surface area contributed by atoms with Gasteiger partial charge in [0.2, 0.25) is 0 Å². The fourth-order valence-corrected chi connectivity index (χ4v) is 2.35. The van der Waals surface area contributed by atoms with Gasteiger partial charge in [-0.15, -0.1) is 0 Å². The van der Waals surface area contributed by atoms with Crippen molar-refractivity contribution in [3.8, 4) is 5.69 Å². The van der Waals surface area contributed by atoms with Crippen molar-refractivity contribution in [3.05, 3.63) is 51.9 Å². The van der Waals surface area contributed by atoms with Crippen molar-refractivity contribution >= 4 is 11.8 Å². The van der Waals surface area contributed by atoms with E-state index in [4.69, 9.17) is 0 Å². The number of nitrogens with zero attached hydrogens (tertiary/aromatic N) is 2. The van der Waals surface area contributed by atoms with Crippen molar-refractivity contribution in [1.29, 1.82) is 0 Å². The van der Waals surface area contributed by atoms with E-state index < -0.39 is 29.2 Å². The summed E-state index contributed by atoms with van der Waals surface area (Å²) in [5.41, 5.74) is -3.32. The van der Waals surface area contributed by atoms with E-state index in [0.717, 1.165) is 40.6 Å². The SMILES string of the molecule is CSc1nc(C(F)(F)F)cc(=O)n1-c1ccc(C(F)(F)F)cc1. The van der Waals surface area contributed by atoms with Crippen LogP contribution in [0.25, 0.3) is 5.69 Å². The second-order valence-electron chi connectivity index (χ2n) is 4.34. The van der Waals surface area contributed by atoms with Crippen molar-refractivity contribution in [2.75, 3.05) is 6.26 Å². The average molecular weight is 354 g/mol. The van der Waals surface area contributed by atoms with Gasteiger partial charge in [-0.25, -0.2) is 4.98 Å². The summed E-state index contributed by atoms with van der Waals surface area (Å²) in [6.07, 6.45) is -7.93. The minimum absolute atomic E-state index is 0.00595. The molecular weight excluding hydrogens is 346 g/mol. The van der Waals surface area contributed by atoms with Crippen LogP contribution in [-0.4, -0.2) is 15.8 Å². The van der Waals surface area contributed by atoms with Crippen LogP contribution in [-0.2, 0) is 12.4 Å². The van der Waals surface area contributed by atoms with Crippen LogP contribution in [0.3, 0.4) is 0 Å². The number of alkyl halides is 6. The molecule has 10 heteroatoms. The van der Waals surface area contributed by atoms with Gasteiger partial charge in [-0.2, -0.15) is 26.3 Å². The second kappa shape index (κ2) is 5.91. The van der Waals surface area contributed by atoms with E-state index in [1.807, 2.05) is 0 Å². The highest BCUT2D eigenvalue weighted by molar-refractivity contribution is 7.98. The molecule has 0 saturated heterocycles. The maximum absolute atomic E-state index is 12.7. The molecule has 0 N–H and O–H groups in total. The van der Waals surface area contributed by atoms with Gasteiger partial charge in [-0.3, -0.25) is 9.36 Å². The molecule has 0 spiro atoms. The lowest BCUT2D eigenvalue weighted by atomic mass is 10.2. The second-order valence-corrected chi connectivity index (χ2v) is 5.12. The number of benzene rings is 1. The molecule has 124 valence electrons. The molecule has 0 aliphatic carbocycles. The third-order valence-corrected chi connectivity index (χ3v) is 3.45. The highest BCUT2D eigenvalue weighted by Crippen LogP contribution is 2.31. The van der Waals surface area contributed by atoms with Gasteiger partial charge in [-0.1, -0.05) is 11.8 Å². The first-order valence-corrected chi connectivity index (χ1v) is 7.19. The summed E-state index contributed by atoms with van der Waals surface area (Å²) < 4.78 is 76.4. The third kappa shape index (κ3) is 3.69. The Morgan fingerprint density at radius 3 is 2.00 bits per heavy atom. The zero-order valence-electron chi connectivity index (χ0n) is 11.4. The number of hydrogen-bond acceptors (Lipinski definition) is 3. The smallest absolute Gasteiger partial charge is 0.269 e. The van der Waals surface area contributed by atoms with Gasteiger partial charge in [0.1, 0.15) is 0 Å². The Bertz CT molecular complexity index is 764. The molecule has 0 amide bonds. The van der Waals surface area contributed by atoms with Gasteiger partial charge >= 0.3 is 12.4 Å². The summed E-state index contributed by atoms with van der Waals surface area (Å²) >= 11 is 0.774. The van der Waals surface area contributed by atoms with Gasteiger partial charge in [0.25, 0.3) is 5.56 Å². The van der Waals surface area contributed by atoms with Gasteiger partial charge in [0.15, 0.2) is 10.9 Å². The molecule has 23 heavy (non-hydrogen) atoms. The van der Waals surface area contributed by atoms with Crippen molar-refractivity contribution < 1.29 is 26.3 Å². The Kier molecular flexibility index (Phi) is 4.47. The quantitative estimate of drug-likeness (QED) is 0.465. The summed E-state index contributed by atoms with van der Waals surface area (Å²) in [5, 5.41) is -0.274. The summed E-state index contributed by atoms with van der Waals surface area (Å²) in [6.45, 7) is 0. The van der Waals surface area contributed by atoms with E-state index in [9.17, 15) is 31.1 Å². The first-order valence-electron chi connectivity index (χ1n) is 5.97. The van der Waals surface area contributed by atoms with Crippen molar-refractivity contribution in [3.63, 3.8) is 0 Å². The van der Waals surface area contributed by atoms with Crippen LogP contribution in [0.1, 0.15) is 11.3 Å².